The average Bonchev–Trinajstić information content (AvgIpc) is 2.70. The minimum Gasteiger partial charge on any atom is -0.321 e. The molecule has 0 unspecified atom stereocenters. The van der Waals surface area contributed by atoms with E-state index in [1.165, 1.54) is 0 Å². The molecule has 0 atom stereocenters. The van der Waals surface area contributed by atoms with E-state index in [1.807, 2.05) is 91.0 Å². The smallest absolute Gasteiger partial charge is 0.257 e. The molecule has 0 fully saturated rings. The highest BCUT2D eigenvalue weighted by Gasteiger charge is 2.12. The van der Waals surface area contributed by atoms with Crippen LogP contribution in [-0.2, 0) is 0 Å². The SMILES string of the molecule is O=c1[nH]c2ccccc2cc1C(=NNc1ccccc1)c1ccccc1. The lowest BCUT2D eigenvalue weighted by molar-refractivity contribution is 1.26. The Morgan fingerprint density at radius 2 is 1.46 bits per heavy atom. The summed E-state index contributed by atoms with van der Waals surface area (Å²) in [7, 11) is 0. The van der Waals surface area contributed by atoms with E-state index in [0.717, 1.165) is 22.2 Å². The van der Waals surface area contributed by atoms with Gasteiger partial charge in [-0.3, -0.25) is 10.2 Å². The van der Waals surface area contributed by atoms with Crippen LogP contribution in [0.5, 0.6) is 0 Å². The number of anilines is 1. The molecule has 0 bridgehead atoms. The number of nitrogens with one attached hydrogen (secondary N) is 2. The summed E-state index contributed by atoms with van der Waals surface area (Å²) in [4.78, 5) is 15.6. The zero-order valence-electron chi connectivity index (χ0n) is 14.0. The Labute approximate surface area is 150 Å². The van der Waals surface area contributed by atoms with Crippen molar-refractivity contribution in [3.8, 4) is 0 Å². The summed E-state index contributed by atoms with van der Waals surface area (Å²) >= 11 is 0. The lowest BCUT2D eigenvalue weighted by Gasteiger charge is -2.09. The van der Waals surface area contributed by atoms with E-state index < -0.39 is 0 Å². The van der Waals surface area contributed by atoms with E-state index in [0.29, 0.717) is 11.3 Å². The highest BCUT2D eigenvalue weighted by atomic mass is 16.1. The van der Waals surface area contributed by atoms with Crippen LogP contribution in [0.15, 0.2) is 101 Å². The fourth-order valence-electron chi connectivity index (χ4n) is 2.83. The monoisotopic (exact) mass is 339 g/mol. The molecule has 0 saturated carbocycles. The number of pyridine rings is 1. The van der Waals surface area contributed by atoms with E-state index >= 15 is 0 Å². The molecule has 26 heavy (non-hydrogen) atoms. The largest absolute Gasteiger partial charge is 0.321 e. The minimum absolute atomic E-state index is 0.166. The van der Waals surface area contributed by atoms with Gasteiger partial charge in [-0.1, -0.05) is 66.7 Å². The summed E-state index contributed by atoms with van der Waals surface area (Å²) < 4.78 is 0. The van der Waals surface area contributed by atoms with Crippen molar-refractivity contribution in [2.75, 3.05) is 5.43 Å². The molecule has 4 heteroatoms. The Morgan fingerprint density at radius 3 is 2.23 bits per heavy atom. The molecule has 4 rings (SSSR count). The number of aromatic nitrogens is 1. The first-order valence-electron chi connectivity index (χ1n) is 8.38. The Bertz CT molecular complexity index is 1120. The molecule has 3 aromatic carbocycles. The van der Waals surface area contributed by atoms with Crippen LogP contribution >= 0.6 is 0 Å². The second-order valence-electron chi connectivity index (χ2n) is 5.90. The predicted octanol–water partition coefficient (Wildman–Crippen LogP) is 4.39. The van der Waals surface area contributed by atoms with Crippen LogP contribution < -0.4 is 11.0 Å². The van der Waals surface area contributed by atoms with Gasteiger partial charge in [-0.25, -0.2) is 0 Å². The topological polar surface area (TPSA) is 57.2 Å². The lowest BCUT2D eigenvalue weighted by atomic mass is 10.0. The maximum atomic E-state index is 12.7. The van der Waals surface area contributed by atoms with E-state index in [9.17, 15) is 4.79 Å². The number of benzene rings is 3. The zero-order valence-corrected chi connectivity index (χ0v) is 14.0. The highest BCUT2D eigenvalue weighted by molar-refractivity contribution is 6.14. The zero-order chi connectivity index (χ0) is 17.8. The van der Waals surface area contributed by atoms with E-state index in [2.05, 4.69) is 15.5 Å². The fraction of sp³-hybridized carbons (Fsp3) is 0. The molecule has 1 heterocycles. The van der Waals surface area contributed by atoms with Gasteiger partial charge < -0.3 is 4.98 Å². The maximum Gasteiger partial charge on any atom is 0.257 e. The number of nitrogens with zero attached hydrogens (tertiary/aromatic N) is 1. The van der Waals surface area contributed by atoms with Crippen molar-refractivity contribution < 1.29 is 0 Å². The lowest BCUT2D eigenvalue weighted by Crippen LogP contribution is -2.20. The second-order valence-corrected chi connectivity index (χ2v) is 5.90. The average molecular weight is 339 g/mol. The molecule has 0 aliphatic carbocycles. The molecule has 0 radical (unpaired) electrons. The van der Waals surface area contributed by atoms with Gasteiger partial charge in [-0.15, -0.1) is 0 Å². The number of fused-ring (bicyclic) bond motifs is 1. The van der Waals surface area contributed by atoms with Gasteiger partial charge in [0.1, 0.15) is 5.71 Å². The number of hydrogen-bond donors (Lipinski definition) is 2. The van der Waals surface area contributed by atoms with E-state index in [-0.39, 0.29) is 5.56 Å². The molecule has 0 saturated heterocycles. The third kappa shape index (κ3) is 3.26. The Hall–Kier alpha value is -3.66. The fourth-order valence-corrected chi connectivity index (χ4v) is 2.83. The van der Waals surface area contributed by atoms with Gasteiger partial charge in [-0.2, -0.15) is 5.10 Å². The van der Waals surface area contributed by atoms with Crippen molar-refractivity contribution in [2.24, 2.45) is 5.10 Å². The van der Waals surface area contributed by atoms with Crippen LogP contribution in [0, 0.1) is 0 Å². The third-order valence-electron chi connectivity index (χ3n) is 4.13. The van der Waals surface area contributed by atoms with E-state index in [1.54, 1.807) is 0 Å². The molecule has 0 aliphatic heterocycles. The molecule has 0 spiro atoms. The first-order valence-corrected chi connectivity index (χ1v) is 8.38. The molecule has 4 aromatic rings. The van der Waals surface area contributed by atoms with Gasteiger partial charge in [0, 0.05) is 11.1 Å². The third-order valence-corrected chi connectivity index (χ3v) is 4.13. The summed E-state index contributed by atoms with van der Waals surface area (Å²) in [6, 6.07) is 29.0. The molecular formula is C22H17N3O. The predicted molar refractivity (Wildman–Crippen MR) is 107 cm³/mol. The Kier molecular flexibility index (Phi) is 4.31. The second kappa shape index (κ2) is 7.07. The van der Waals surface area contributed by atoms with Crippen LogP contribution in [0.3, 0.4) is 0 Å². The van der Waals surface area contributed by atoms with Crippen LogP contribution in [0.2, 0.25) is 0 Å². The molecule has 2 N–H and O–H groups in total. The van der Waals surface area contributed by atoms with E-state index in [4.69, 9.17) is 0 Å². The summed E-state index contributed by atoms with van der Waals surface area (Å²) in [6.07, 6.45) is 0. The van der Waals surface area contributed by atoms with Crippen molar-refractivity contribution in [1.82, 2.24) is 4.98 Å². The van der Waals surface area contributed by atoms with Crippen LogP contribution in [0.25, 0.3) is 10.9 Å². The highest BCUT2D eigenvalue weighted by Crippen LogP contribution is 2.15. The van der Waals surface area contributed by atoms with Crippen molar-refractivity contribution in [2.45, 2.75) is 0 Å². The normalized spacial score (nSPS) is 11.5. The number of para-hydroxylation sites is 2. The number of rotatable bonds is 4. The summed E-state index contributed by atoms with van der Waals surface area (Å²) in [5.41, 5.74) is 6.55. The molecule has 4 nitrogen and oxygen atoms in total. The molecule has 0 aliphatic rings. The number of hydrogen-bond acceptors (Lipinski definition) is 3. The van der Waals surface area contributed by atoms with Gasteiger partial charge in [0.2, 0.25) is 0 Å². The van der Waals surface area contributed by atoms with Crippen LogP contribution in [-0.4, -0.2) is 10.7 Å². The standard InChI is InChI=1S/C22H17N3O/c26-22-19(15-17-11-7-8-14-20(17)23-22)21(16-9-3-1-4-10-16)25-24-18-12-5-2-6-13-18/h1-15,24H,(H,23,26). The first-order chi connectivity index (χ1) is 12.8. The number of H-pyrrole nitrogens is 1. The summed E-state index contributed by atoms with van der Waals surface area (Å²) in [6.45, 7) is 0. The van der Waals surface area contributed by atoms with Gasteiger partial charge in [0.25, 0.3) is 5.56 Å². The number of hydrazone groups is 1. The van der Waals surface area contributed by atoms with Gasteiger partial charge in [0.05, 0.1) is 11.3 Å². The summed E-state index contributed by atoms with van der Waals surface area (Å²) in [5, 5.41) is 5.51. The quantitative estimate of drug-likeness (QED) is 0.428. The molecule has 1 aromatic heterocycles. The molecular weight excluding hydrogens is 322 g/mol. The van der Waals surface area contributed by atoms with Crippen molar-refractivity contribution in [3.05, 3.63) is 112 Å². The Morgan fingerprint density at radius 1 is 0.808 bits per heavy atom. The van der Waals surface area contributed by atoms with Crippen molar-refractivity contribution >= 4 is 22.3 Å². The Balaban J connectivity index is 1.86. The van der Waals surface area contributed by atoms with Crippen LogP contribution in [0.1, 0.15) is 11.1 Å². The van der Waals surface area contributed by atoms with Gasteiger partial charge >= 0.3 is 0 Å². The van der Waals surface area contributed by atoms with Gasteiger partial charge in [-0.05, 0) is 29.7 Å². The minimum atomic E-state index is -0.166. The van der Waals surface area contributed by atoms with Crippen molar-refractivity contribution in [3.63, 3.8) is 0 Å². The van der Waals surface area contributed by atoms with Crippen LogP contribution in [0.4, 0.5) is 5.69 Å². The molecule has 0 amide bonds. The maximum absolute atomic E-state index is 12.7. The van der Waals surface area contributed by atoms with Gasteiger partial charge in [0.15, 0.2) is 0 Å². The summed E-state index contributed by atoms with van der Waals surface area (Å²) in [5.74, 6) is 0. The van der Waals surface area contributed by atoms with Crippen molar-refractivity contribution in [1.29, 1.82) is 0 Å². The molecule has 126 valence electrons. The number of aromatic amines is 1. The first kappa shape index (κ1) is 15.8.